The van der Waals surface area contributed by atoms with E-state index in [0.29, 0.717) is 11.5 Å². The molecule has 0 spiro atoms. The normalized spacial score (nSPS) is 12.7. The number of rotatable bonds is 13. The first kappa shape index (κ1) is 29.0. The van der Waals surface area contributed by atoms with Crippen molar-refractivity contribution in [1.29, 1.82) is 0 Å². The number of hydrogen-bond donors (Lipinski definition) is 0. The quantitative estimate of drug-likeness (QED) is 0.217. The van der Waals surface area contributed by atoms with Crippen molar-refractivity contribution in [1.82, 2.24) is 0 Å². The van der Waals surface area contributed by atoms with Crippen LogP contribution in [0.4, 0.5) is 0 Å². The van der Waals surface area contributed by atoms with Crippen LogP contribution in [0.5, 0.6) is 11.5 Å². The predicted octanol–water partition coefficient (Wildman–Crippen LogP) is 4.44. The van der Waals surface area contributed by atoms with Crippen molar-refractivity contribution in [2.24, 2.45) is 0 Å². The van der Waals surface area contributed by atoms with Crippen LogP contribution in [0.2, 0.25) is 0 Å². The Balaban J connectivity index is 1.96. The third-order valence-electron chi connectivity index (χ3n) is 5.29. The zero-order valence-electron chi connectivity index (χ0n) is 21.2. The Morgan fingerprint density at radius 2 is 1.14 bits per heavy atom. The average molecular weight is 521 g/mol. The summed E-state index contributed by atoms with van der Waals surface area (Å²) in [6, 6.07) is 15.4. The van der Waals surface area contributed by atoms with Crippen LogP contribution in [0.25, 0.3) is 0 Å². The van der Waals surface area contributed by atoms with Crippen molar-refractivity contribution in [2.45, 2.75) is 51.5 Å². The van der Waals surface area contributed by atoms with Gasteiger partial charge in [-0.15, -0.1) is 11.6 Å². The van der Waals surface area contributed by atoms with Gasteiger partial charge in [-0.25, -0.2) is 0 Å². The van der Waals surface area contributed by atoms with Crippen LogP contribution in [0, 0.1) is 0 Å². The molecule has 0 heterocycles. The molecule has 0 aliphatic rings. The van der Waals surface area contributed by atoms with Crippen molar-refractivity contribution < 1.29 is 38.1 Å². The number of carbonyl (C=O) groups is 3. The highest BCUT2D eigenvalue weighted by atomic mass is 35.5. The maximum Gasteiger partial charge on any atom is 0.303 e. The topological polar surface area (TPSA) is 97.4 Å². The highest BCUT2D eigenvalue weighted by Crippen LogP contribution is 2.33. The number of halogens is 1. The summed E-state index contributed by atoms with van der Waals surface area (Å²) in [5.74, 6) is -0.0441. The summed E-state index contributed by atoms with van der Waals surface area (Å²) in [5.41, 5.74) is 1.86. The number of hydrogen-bond acceptors (Lipinski definition) is 8. The van der Waals surface area contributed by atoms with Gasteiger partial charge in [0, 0.05) is 26.2 Å². The molecule has 9 heteroatoms. The SMILES string of the molecule is CC(=O)OCC(Cl)COc1ccc(C(C)(C)c2ccc(OCC(COC(C)=O)OC(C)=O)cc2)cc1. The molecular formula is C27H33ClO8. The molecule has 36 heavy (non-hydrogen) atoms. The van der Waals surface area contributed by atoms with E-state index in [-0.39, 0.29) is 37.8 Å². The van der Waals surface area contributed by atoms with E-state index >= 15 is 0 Å². The highest BCUT2D eigenvalue weighted by Gasteiger charge is 2.23. The second kappa shape index (κ2) is 13.7. The number of carbonyl (C=O) groups excluding carboxylic acids is 3. The molecule has 0 aliphatic carbocycles. The van der Waals surface area contributed by atoms with Crippen molar-refractivity contribution in [3.8, 4) is 11.5 Å². The monoisotopic (exact) mass is 520 g/mol. The summed E-state index contributed by atoms with van der Waals surface area (Å²) in [5, 5.41) is -0.434. The lowest BCUT2D eigenvalue weighted by Gasteiger charge is -2.26. The molecule has 0 amide bonds. The average Bonchev–Trinajstić information content (AvgIpc) is 2.83. The number of ether oxygens (including phenoxy) is 5. The van der Waals surface area contributed by atoms with E-state index in [0.717, 1.165) is 11.1 Å². The van der Waals surface area contributed by atoms with Crippen molar-refractivity contribution in [3.63, 3.8) is 0 Å². The fourth-order valence-electron chi connectivity index (χ4n) is 3.30. The molecule has 2 aromatic rings. The first-order valence-corrected chi connectivity index (χ1v) is 12.0. The summed E-state index contributed by atoms with van der Waals surface area (Å²) in [7, 11) is 0. The molecule has 196 valence electrons. The maximum atomic E-state index is 11.3. The summed E-state index contributed by atoms with van der Waals surface area (Å²) in [6.07, 6.45) is -0.695. The molecule has 2 unspecified atom stereocenters. The molecule has 0 saturated heterocycles. The Morgan fingerprint density at radius 1 is 0.694 bits per heavy atom. The Hall–Kier alpha value is -3.26. The molecule has 0 radical (unpaired) electrons. The molecule has 0 aromatic heterocycles. The lowest BCUT2D eigenvalue weighted by molar-refractivity contribution is -0.158. The molecule has 2 atom stereocenters. The first-order valence-electron chi connectivity index (χ1n) is 11.5. The fourth-order valence-corrected chi connectivity index (χ4v) is 3.42. The minimum absolute atomic E-state index is 0.0566. The second-order valence-electron chi connectivity index (χ2n) is 8.73. The molecule has 0 N–H and O–H groups in total. The van der Waals surface area contributed by atoms with Crippen molar-refractivity contribution >= 4 is 29.5 Å². The number of esters is 3. The molecule has 2 aromatic carbocycles. The first-order chi connectivity index (χ1) is 17.0. The van der Waals surface area contributed by atoms with Gasteiger partial charge < -0.3 is 23.7 Å². The molecule has 8 nitrogen and oxygen atoms in total. The smallest absolute Gasteiger partial charge is 0.303 e. The number of alkyl halides is 1. The van der Waals surface area contributed by atoms with E-state index in [1.807, 2.05) is 48.5 Å². The van der Waals surface area contributed by atoms with Crippen molar-refractivity contribution in [2.75, 3.05) is 26.4 Å². The van der Waals surface area contributed by atoms with Crippen LogP contribution < -0.4 is 9.47 Å². The Morgan fingerprint density at radius 3 is 1.58 bits per heavy atom. The molecule has 0 saturated carbocycles. The van der Waals surface area contributed by atoms with Gasteiger partial charge in [0.2, 0.25) is 0 Å². The van der Waals surface area contributed by atoms with Gasteiger partial charge in [-0.2, -0.15) is 0 Å². The molecule has 0 fully saturated rings. The van der Waals surface area contributed by atoms with Gasteiger partial charge in [-0.1, -0.05) is 38.1 Å². The standard InChI is InChI=1S/C27H33ClO8/c1-18(29)32-14-23(28)15-34-24-10-6-21(7-11-24)27(4,5)22-8-12-25(13-9-22)35-17-26(36-20(3)31)16-33-19(2)30/h6-13,23,26H,14-17H2,1-5H3. The third-order valence-corrected chi connectivity index (χ3v) is 5.54. The summed E-state index contributed by atoms with van der Waals surface area (Å²) < 4.78 is 26.4. The fraction of sp³-hybridized carbons (Fsp3) is 0.444. The van der Waals surface area contributed by atoms with Gasteiger partial charge >= 0.3 is 17.9 Å². The third kappa shape index (κ3) is 9.77. The summed E-state index contributed by atoms with van der Waals surface area (Å²) in [4.78, 5) is 33.2. The van der Waals surface area contributed by atoms with E-state index in [2.05, 4.69) is 13.8 Å². The summed E-state index contributed by atoms with van der Waals surface area (Å²) in [6.45, 7) is 8.44. The zero-order chi connectivity index (χ0) is 26.7. The van der Waals surface area contributed by atoms with Gasteiger partial charge in [-0.05, 0) is 35.4 Å². The van der Waals surface area contributed by atoms with Gasteiger partial charge in [0.25, 0.3) is 0 Å². The van der Waals surface area contributed by atoms with Gasteiger partial charge in [0.1, 0.15) is 43.3 Å². The van der Waals surface area contributed by atoms with Crippen LogP contribution in [-0.2, 0) is 34.0 Å². The lowest BCUT2D eigenvalue weighted by Crippen LogP contribution is -2.29. The van der Waals surface area contributed by atoms with Crippen LogP contribution in [0.15, 0.2) is 48.5 Å². The van der Waals surface area contributed by atoms with Gasteiger partial charge in [0.05, 0.1) is 0 Å². The van der Waals surface area contributed by atoms with Gasteiger partial charge in [-0.3, -0.25) is 14.4 Å². The largest absolute Gasteiger partial charge is 0.492 e. The Labute approximate surface area is 216 Å². The number of benzene rings is 2. The van der Waals surface area contributed by atoms with Crippen molar-refractivity contribution in [3.05, 3.63) is 59.7 Å². The summed E-state index contributed by atoms with van der Waals surface area (Å²) >= 11 is 6.11. The maximum absolute atomic E-state index is 11.3. The molecule has 0 aliphatic heterocycles. The van der Waals surface area contributed by atoms with E-state index in [1.54, 1.807) is 0 Å². The predicted molar refractivity (Wildman–Crippen MR) is 134 cm³/mol. The molecule has 2 rings (SSSR count). The van der Waals surface area contributed by atoms with Crippen LogP contribution >= 0.6 is 11.6 Å². The second-order valence-corrected chi connectivity index (χ2v) is 9.35. The minimum Gasteiger partial charge on any atom is -0.492 e. The minimum atomic E-state index is -0.695. The highest BCUT2D eigenvalue weighted by molar-refractivity contribution is 6.20. The molecular weight excluding hydrogens is 488 g/mol. The van der Waals surface area contributed by atoms with E-state index in [4.69, 9.17) is 35.3 Å². The van der Waals surface area contributed by atoms with Crippen LogP contribution in [0.1, 0.15) is 45.7 Å². The van der Waals surface area contributed by atoms with Crippen LogP contribution in [0.3, 0.4) is 0 Å². The lowest BCUT2D eigenvalue weighted by atomic mass is 9.78. The molecule has 0 bridgehead atoms. The van der Waals surface area contributed by atoms with E-state index in [1.165, 1.54) is 20.8 Å². The Kier molecular flexibility index (Phi) is 11.0. The zero-order valence-corrected chi connectivity index (χ0v) is 22.0. The Bertz CT molecular complexity index is 1000. The van der Waals surface area contributed by atoms with E-state index < -0.39 is 23.4 Å². The van der Waals surface area contributed by atoms with E-state index in [9.17, 15) is 14.4 Å². The van der Waals surface area contributed by atoms with Gasteiger partial charge in [0.15, 0.2) is 6.10 Å². The van der Waals surface area contributed by atoms with Crippen LogP contribution in [-0.4, -0.2) is 55.8 Å².